The van der Waals surface area contributed by atoms with Crippen LogP contribution in [-0.4, -0.2) is 34.6 Å². The number of aromatic nitrogens is 3. The van der Waals surface area contributed by atoms with Gasteiger partial charge in [0.1, 0.15) is 0 Å². The second-order valence-electron chi connectivity index (χ2n) is 7.41. The molecule has 2 aromatic heterocycles. The van der Waals surface area contributed by atoms with E-state index in [-0.39, 0.29) is 12.5 Å². The summed E-state index contributed by atoms with van der Waals surface area (Å²) in [5, 5.41) is 5.65. The number of pyridine rings is 1. The molecule has 1 N–H and O–H groups in total. The predicted molar refractivity (Wildman–Crippen MR) is 130 cm³/mol. The summed E-state index contributed by atoms with van der Waals surface area (Å²) in [5.41, 5.74) is 3.37. The minimum absolute atomic E-state index is 0.156. The third kappa shape index (κ3) is 5.78. The van der Waals surface area contributed by atoms with Gasteiger partial charge in [-0.2, -0.15) is 0 Å². The van der Waals surface area contributed by atoms with Crippen LogP contribution in [0.4, 0.5) is 5.69 Å². The van der Waals surface area contributed by atoms with E-state index < -0.39 is 0 Å². The van der Waals surface area contributed by atoms with Crippen molar-refractivity contribution in [3.8, 4) is 11.5 Å². The number of anilines is 1. The molecule has 7 nitrogen and oxygen atoms in total. The van der Waals surface area contributed by atoms with E-state index in [0.29, 0.717) is 22.4 Å². The molecule has 0 radical (unpaired) electrons. The smallest absolute Gasteiger partial charge is 0.262 e. The summed E-state index contributed by atoms with van der Waals surface area (Å²) in [6.07, 6.45) is 1.59. The van der Waals surface area contributed by atoms with Crippen LogP contribution in [0.5, 0.6) is 11.5 Å². The highest BCUT2D eigenvalue weighted by Gasteiger charge is 2.12. The van der Waals surface area contributed by atoms with Gasteiger partial charge in [-0.05, 0) is 31.4 Å². The zero-order valence-electron chi connectivity index (χ0n) is 18.7. The lowest BCUT2D eigenvalue weighted by Gasteiger charge is -2.13. The molecule has 4 aromatic rings. The quantitative estimate of drug-likeness (QED) is 0.294. The number of nitrogens with zero attached hydrogens (tertiary/aromatic N) is 3. The lowest BCUT2D eigenvalue weighted by Crippen LogP contribution is -2.20. The molecule has 0 saturated carbocycles. The number of carbonyl (C=O) groups excluding carboxylic acids is 1. The van der Waals surface area contributed by atoms with Gasteiger partial charge in [0.25, 0.3) is 5.91 Å². The first-order valence-corrected chi connectivity index (χ1v) is 11.4. The zero-order valence-corrected chi connectivity index (χ0v) is 19.5. The number of hydrogen-bond donors (Lipinski definition) is 1. The highest BCUT2D eigenvalue weighted by Crippen LogP contribution is 2.29. The van der Waals surface area contributed by atoms with Crippen LogP contribution in [-0.2, 0) is 10.5 Å². The van der Waals surface area contributed by atoms with E-state index in [1.54, 1.807) is 12.3 Å². The zero-order chi connectivity index (χ0) is 23.2. The van der Waals surface area contributed by atoms with E-state index in [2.05, 4.69) is 20.3 Å². The Bertz CT molecular complexity index is 1270. The van der Waals surface area contributed by atoms with Gasteiger partial charge in [0.05, 0.1) is 19.0 Å². The Morgan fingerprint density at radius 3 is 2.55 bits per heavy atom. The van der Waals surface area contributed by atoms with Gasteiger partial charge in [0.2, 0.25) is 0 Å². The monoisotopic (exact) mass is 460 g/mol. The lowest BCUT2D eigenvalue weighted by atomic mass is 10.1. The van der Waals surface area contributed by atoms with Crippen molar-refractivity contribution in [1.29, 1.82) is 0 Å². The highest BCUT2D eigenvalue weighted by atomic mass is 32.2. The predicted octanol–water partition coefficient (Wildman–Crippen LogP) is 4.96. The highest BCUT2D eigenvalue weighted by molar-refractivity contribution is 7.98. The van der Waals surface area contributed by atoms with Gasteiger partial charge >= 0.3 is 0 Å². The Morgan fingerprint density at radius 2 is 1.76 bits per heavy atom. The molecule has 0 aliphatic heterocycles. The maximum atomic E-state index is 12.6. The van der Waals surface area contributed by atoms with Gasteiger partial charge in [0, 0.05) is 34.3 Å². The van der Waals surface area contributed by atoms with Crippen LogP contribution in [0.2, 0.25) is 0 Å². The van der Waals surface area contributed by atoms with Crippen molar-refractivity contribution in [1.82, 2.24) is 15.0 Å². The average Bonchev–Trinajstić information content (AvgIpc) is 2.81. The molecule has 2 heterocycles. The fourth-order valence-electron chi connectivity index (χ4n) is 3.37. The minimum Gasteiger partial charge on any atom is -0.491 e. The molecule has 0 aliphatic rings. The Kier molecular flexibility index (Phi) is 7.04. The van der Waals surface area contributed by atoms with Crippen molar-refractivity contribution in [2.24, 2.45) is 0 Å². The molecule has 0 aliphatic carbocycles. The summed E-state index contributed by atoms with van der Waals surface area (Å²) in [5.74, 6) is 1.22. The third-order valence-electron chi connectivity index (χ3n) is 4.84. The number of ether oxygens (including phenoxy) is 2. The summed E-state index contributed by atoms with van der Waals surface area (Å²) in [6.45, 7) is 3.73. The molecular weight excluding hydrogens is 436 g/mol. The van der Waals surface area contributed by atoms with Gasteiger partial charge in [-0.1, -0.05) is 48.2 Å². The third-order valence-corrected chi connectivity index (χ3v) is 5.72. The second-order valence-corrected chi connectivity index (χ2v) is 8.35. The molecule has 33 heavy (non-hydrogen) atoms. The van der Waals surface area contributed by atoms with Crippen molar-refractivity contribution in [2.45, 2.75) is 24.8 Å². The number of rotatable bonds is 8. The number of thioether (sulfide) groups is 1. The molecule has 168 valence electrons. The van der Waals surface area contributed by atoms with E-state index in [1.807, 2.05) is 62.4 Å². The topological polar surface area (TPSA) is 86.2 Å². The van der Waals surface area contributed by atoms with Gasteiger partial charge in [-0.15, -0.1) is 0 Å². The van der Waals surface area contributed by atoms with Gasteiger partial charge in [-0.3, -0.25) is 9.78 Å². The standard InChI is InChI=1S/C25H24N4O3S/c1-16-11-17(2)28-25(27-16)33-15-19-12-22(23(31-3)13-26-19)32-14-24(30)29-21-10-6-8-18-7-4-5-9-20(18)21/h4-13H,14-15H2,1-3H3,(H,29,30). The van der Waals surface area contributed by atoms with Crippen molar-refractivity contribution in [3.05, 3.63) is 77.9 Å². The largest absolute Gasteiger partial charge is 0.491 e. The normalized spacial score (nSPS) is 10.8. The Morgan fingerprint density at radius 1 is 1.00 bits per heavy atom. The number of hydrogen-bond acceptors (Lipinski definition) is 7. The van der Waals surface area contributed by atoms with Crippen LogP contribution in [0.1, 0.15) is 17.1 Å². The molecule has 0 bridgehead atoms. The molecule has 0 fully saturated rings. The number of methoxy groups -OCH3 is 1. The van der Waals surface area contributed by atoms with E-state index >= 15 is 0 Å². The average molecular weight is 461 g/mol. The molecule has 1 amide bonds. The fourth-order valence-corrected chi connectivity index (χ4v) is 4.22. The SMILES string of the molecule is COc1cnc(CSc2nc(C)cc(C)n2)cc1OCC(=O)Nc1cccc2ccccc12. The summed E-state index contributed by atoms with van der Waals surface area (Å²) in [4.78, 5) is 25.9. The number of fused-ring (bicyclic) bond motifs is 1. The number of benzene rings is 2. The Labute approximate surface area is 196 Å². The van der Waals surface area contributed by atoms with Crippen LogP contribution >= 0.6 is 11.8 Å². The summed E-state index contributed by atoms with van der Waals surface area (Å²) < 4.78 is 11.1. The van der Waals surface area contributed by atoms with E-state index in [4.69, 9.17) is 9.47 Å². The minimum atomic E-state index is -0.259. The summed E-state index contributed by atoms with van der Waals surface area (Å²) in [6, 6.07) is 17.4. The van der Waals surface area contributed by atoms with Gasteiger partial charge < -0.3 is 14.8 Å². The van der Waals surface area contributed by atoms with Crippen LogP contribution in [0.3, 0.4) is 0 Å². The van der Waals surface area contributed by atoms with Gasteiger partial charge in [0.15, 0.2) is 23.3 Å². The van der Waals surface area contributed by atoms with Crippen molar-refractivity contribution in [3.63, 3.8) is 0 Å². The molecule has 4 rings (SSSR count). The number of amides is 1. The maximum absolute atomic E-state index is 12.6. The van der Waals surface area contributed by atoms with Crippen LogP contribution in [0, 0.1) is 13.8 Å². The molecule has 2 aromatic carbocycles. The molecule has 8 heteroatoms. The first kappa shape index (κ1) is 22.5. The fraction of sp³-hybridized carbons (Fsp3) is 0.200. The first-order chi connectivity index (χ1) is 16.0. The Balaban J connectivity index is 1.42. The van der Waals surface area contributed by atoms with Crippen molar-refractivity contribution < 1.29 is 14.3 Å². The van der Waals surface area contributed by atoms with E-state index in [1.165, 1.54) is 18.9 Å². The Hall–Kier alpha value is -3.65. The van der Waals surface area contributed by atoms with E-state index in [0.717, 1.165) is 33.5 Å². The maximum Gasteiger partial charge on any atom is 0.262 e. The van der Waals surface area contributed by atoms with Crippen molar-refractivity contribution >= 4 is 34.1 Å². The molecule has 0 spiro atoms. The second kappa shape index (κ2) is 10.3. The number of carbonyl (C=O) groups is 1. The van der Waals surface area contributed by atoms with Crippen molar-refractivity contribution in [2.75, 3.05) is 19.0 Å². The van der Waals surface area contributed by atoms with Crippen LogP contribution in [0.25, 0.3) is 10.8 Å². The molecule has 0 atom stereocenters. The summed E-state index contributed by atoms with van der Waals surface area (Å²) in [7, 11) is 1.54. The number of aryl methyl sites for hydroxylation is 2. The molecule has 0 saturated heterocycles. The van der Waals surface area contributed by atoms with Crippen LogP contribution < -0.4 is 14.8 Å². The lowest BCUT2D eigenvalue weighted by molar-refractivity contribution is -0.118. The first-order valence-electron chi connectivity index (χ1n) is 10.4. The van der Waals surface area contributed by atoms with E-state index in [9.17, 15) is 4.79 Å². The number of nitrogens with one attached hydrogen (secondary N) is 1. The van der Waals surface area contributed by atoms with Gasteiger partial charge in [-0.25, -0.2) is 9.97 Å². The molecular formula is C25H24N4O3S. The van der Waals surface area contributed by atoms with Crippen LogP contribution in [0.15, 0.2) is 66.0 Å². The molecule has 0 unspecified atom stereocenters. The summed E-state index contributed by atoms with van der Waals surface area (Å²) >= 11 is 1.49.